The van der Waals surface area contributed by atoms with E-state index in [1.165, 1.54) is 19.3 Å². The average molecular weight is 273 g/mol. The Hall–Kier alpha value is -1.81. The van der Waals surface area contributed by atoms with Gasteiger partial charge < -0.3 is 16.0 Å². The number of urea groups is 1. The summed E-state index contributed by atoms with van der Waals surface area (Å²) in [4.78, 5) is 11.8. The fourth-order valence-electron chi connectivity index (χ4n) is 2.37. The van der Waals surface area contributed by atoms with E-state index in [0.29, 0.717) is 12.6 Å². The molecule has 1 fully saturated rings. The number of hydrogen-bond donors (Lipinski definition) is 3. The SMILES string of the molecule is C=Cc1ccc(NC(=O)NC[C@@H]2CCCCCN2)cc1. The molecule has 2 rings (SSSR count). The summed E-state index contributed by atoms with van der Waals surface area (Å²) in [6.07, 6.45) is 6.67. The third-order valence-corrected chi connectivity index (χ3v) is 3.58. The molecule has 1 aromatic carbocycles. The number of benzene rings is 1. The second-order valence-electron chi connectivity index (χ2n) is 5.16. The van der Waals surface area contributed by atoms with Crippen LogP contribution < -0.4 is 16.0 Å². The van der Waals surface area contributed by atoms with Crippen LogP contribution in [0.3, 0.4) is 0 Å². The minimum Gasteiger partial charge on any atom is -0.336 e. The van der Waals surface area contributed by atoms with Gasteiger partial charge in [-0.05, 0) is 37.1 Å². The molecule has 1 aliphatic heterocycles. The Labute approximate surface area is 120 Å². The van der Waals surface area contributed by atoms with Crippen LogP contribution >= 0.6 is 0 Å². The van der Waals surface area contributed by atoms with Crippen molar-refractivity contribution in [3.8, 4) is 0 Å². The molecular weight excluding hydrogens is 250 g/mol. The van der Waals surface area contributed by atoms with E-state index in [0.717, 1.165) is 24.2 Å². The number of anilines is 1. The molecule has 1 heterocycles. The highest BCUT2D eigenvalue weighted by molar-refractivity contribution is 5.89. The van der Waals surface area contributed by atoms with Gasteiger partial charge in [-0.2, -0.15) is 0 Å². The van der Waals surface area contributed by atoms with E-state index in [9.17, 15) is 4.79 Å². The van der Waals surface area contributed by atoms with E-state index in [2.05, 4.69) is 22.5 Å². The van der Waals surface area contributed by atoms with Crippen LogP contribution in [0.25, 0.3) is 6.08 Å². The Morgan fingerprint density at radius 1 is 1.30 bits per heavy atom. The van der Waals surface area contributed by atoms with Crippen LogP contribution in [-0.4, -0.2) is 25.2 Å². The van der Waals surface area contributed by atoms with Crippen LogP contribution in [0.15, 0.2) is 30.8 Å². The molecule has 0 spiro atoms. The van der Waals surface area contributed by atoms with Gasteiger partial charge in [0.05, 0.1) is 0 Å². The van der Waals surface area contributed by atoms with Gasteiger partial charge in [-0.1, -0.05) is 37.6 Å². The summed E-state index contributed by atoms with van der Waals surface area (Å²) in [5, 5.41) is 9.22. The number of carbonyl (C=O) groups excluding carboxylic acids is 1. The second kappa shape index (κ2) is 7.70. The highest BCUT2D eigenvalue weighted by atomic mass is 16.2. The third kappa shape index (κ3) is 4.70. The molecule has 1 aliphatic rings. The first-order valence-electron chi connectivity index (χ1n) is 7.28. The minimum absolute atomic E-state index is 0.151. The van der Waals surface area contributed by atoms with Crippen LogP contribution in [0.1, 0.15) is 31.2 Å². The lowest BCUT2D eigenvalue weighted by molar-refractivity contribution is 0.250. The molecule has 20 heavy (non-hydrogen) atoms. The first-order valence-corrected chi connectivity index (χ1v) is 7.28. The Kier molecular flexibility index (Phi) is 5.62. The average Bonchev–Trinajstić information content (AvgIpc) is 2.74. The molecule has 1 atom stereocenters. The lowest BCUT2D eigenvalue weighted by atomic mass is 10.1. The lowest BCUT2D eigenvalue weighted by Gasteiger charge is -2.16. The van der Waals surface area contributed by atoms with Crippen molar-refractivity contribution in [1.82, 2.24) is 10.6 Å². The summed E-state index contributed by atoms with van der Waals surface area (Å²) in [5.41, 5.74) is 1.83. The standard InChI is InChI=1S/C16H23N3O/c1-2-13-7-9-14(10-8-13)19-16(20)18-12-15-6-4-3-5-11-17-15/h2,7-10,15,17H,1,3-6,11-12H2,(H2,18,19,20)/t15-/m0/s1. The van der Waals surface area contributed by atoms with Gasteiger partial charge in [0, 0.05) is 18.3 Å². The molecule has 1 saturated heterocycles. The molecule has 0 saturated carbocycles. The maximum Gasteiger partial charge on any atom is 0.319 e. The summed E-state index contributed by atoms with van der Waals surface area (Å²) in [6, 6.07) is 7.85. The molecule has 0 unspecified atom stereocenters. The van der Waals surface area contributed by atoms with Gasteiger partial charge in [0.15, 0.2) is 0 Å². The summed E-state index contributed by atoms with van der Waals surface area (Å²) in [7, 11) is 0. The Balaban J connectivity index is 1.75. The van der Waals surface area contributed by atoms with E-state index >= 15 is 0 Å². The van der Waals surface area contributed by atoms with Gasteiger partial charge >= 0.3 is 6.03 Å². The van der Waals surface area contributed by atoms with Crippen LogP contribution in [0.5, 0.6) is 0 Å². The monoisotopic (exact) mass is 273 g/mol. The van der Waals surface area contributed by atoms with E-state index in [1.54, 1.807) is 6.08 Å². The molecular formula is C16H23N3O. The van der Waals surface area contributed by atoms with Crippen LogP contribution in [0.2, 0.25) is 0 Å². The lowest BCUT2D eigenvalue weighted by Crippen LogP contribution is -2.41. The molecule has 4 nitrogen and oxygen atoms in total. The molecule has 0 bridgehead atoms. The normalized spacial score (nSPS) is 18.9. The molecule has 4 heteroatoms. The Morgan fingerprint density at radius 2 is 2.10 bits per heavy atom. The fourth-order valence-corrected chi connectivity index (χ4v) is 2.37. The number of nitrogens with one attached hydrogen (secondary N) is 3. The van der Waals surface area contributed by atoms with Gasteiger partial charge in [-0.25, -0.2) is 4.79 Å². The number of rotatable bonds is 4. The molecule has 1 aromatic rings. The van der Waals surface area contributed by atoms with Crippen LogP contribution in [0.4, 0.5) is 10.5 Å². The molecule has 3 N–H and O–H groups in total. The summed E-state index contributed by atoms with van der Waals surface area (Å²) in [5.74, 6) is 0. The van der Waals surface area contributed by atoms with Crippen molar-refractivity contribution in [3.05, 3.63) is 36.4 Å². The van der Waals surface area contributed by atoms with Crippen molar-refractivity contribution < 1.29 is 4.79 Å². The van der Waals surface area contributed by atoms with E-state index in [1.807, 2.05) is 24.3 Å². The van der Waals surface area contributed by atoms with Crippen molar-refractivity contribution in [2.45, 2.75) is 31.7 Å². The zero-order valence-electron chi connectivity index (χ0n) is 11.8. The van der Waals surface area contributed by atoms with E-state index in [4.69, 9.17) is 0 Å². The number of carbonyl (C=O) groups is 1. The zero-order valence-corrected chi connectivity index (χ0v) is 11.8. The van der Waals surface area contributed by atoms with Crippen molar-refractivity contribution in [2.24, 2.45) is 0 Å². The van der Waals surface area contributed by atoms with Gasteiger partial charge in [0.1, 0.15) is 0 Å². The van der Waals surface area contributed by atoms with Gasteiger partial charge in [0.2, 0.25) is 0 Å². The molecule has 0 radical (unpaired) electrons. The highest BCUT2D eigenvalue weighted by Crippen LogP contribution is 2.10. The quantitative estimate of drug-likeness (QED) is 0.790. The van der Waals surface area contributed by atoms with Gasteiger partial charge in [-0.15, -0.1) is 0 Å². The maximum atomic E-state index is 11.8. The predicted octanol–water partition coefficient (Wildman–Crippen LogP) is 2.98. The topological polar surface area (TPSA) is 53.2 Å². The smallest absolute Gasteiger partial charge is 0.319 e. The first-order chi connectivity index (χ1) is 9.78. The fraction of sp³-hybridized carbons (Fsp3) is 0.438. The molecule has 2 amide bonds. The molecule has 0 aromatic heterocycles. The summed E-state index contributed by atoms with van der Waals surface area (Å²) < 4.78 is 0. The van der Waals surface area contributed by atoms with Crippen LogP contribution in [0, 0.1) is 0 Å². The number of amides is 2. The van der Waals surface area contributed by atoms with Crippen molar-refractivity contribution in [1.29, 1.82) is 0 Å². The zero-order chi connectivity index (χ0) is 14.2. The Bertz CT molecular complexity index is 434. The predicted molar refractivity (Wildman–Crippen MR) is 83.8 cm³/mol. The highest BCUT2D eigenvalue weighted by Gasteiger charge is 2.12. The maximum absolute atomic E-state index is 11.8. The first kappa shape index (κ1) is 14.6. The second-order valence-corrected chi connectivity index (χ2v) is 5.16. The molecule has 108 valence electrons. The van der Waals surface area contributed by atoms with Crippen molar-refractivity contribution >= 4 is 17.8 Å². The number of hydrogen-bond acceptors (Lipinski definition) is 2. The largest absolute Gasteiger partial charge is 0.336 e. The van der Waals surface area contributed by atoms with Gasteiger partial charge in [-0.3, -0.25) is 0 Å². The summed E-state index contributed by atoms with van der Waals surface area (Å²) >= 11 is 0. The Morgan fingerprint density at radius 3 is 2.85 bits per heavy atom. The third-order valence-electron chi connectivity index (χ3n) is 3.58. The van der Waals surface area contributed by atoms with Crippen molar-refractivity contribution in [3.63, 3.8) is 0 Å². The van der Waals surface area contributed by atoms with E-state index in [-0.39, 0.29) is 6.03 Å². The van der Waals surface area contributed by atoms with Crippen molar-refractivity contribution in [2.75, 3.05) is 18.4 Å². The van der Waals surface area contributed by atoms with Gasteiger partial charge in [0.25, 0.3) is 0 Å². The van der Waals surface area contributed by atoms with E-state index < -0.39 is 0 Å². The molecule has 0 aliphatic carbocycles. The van der Waals surface area contributed by atoms with Crippen LogP contribution in [-0.2, 0) is 0 Å². The summed E-state index contributed by atoms with van der Waals surface area (Å²) in [6.45, 7) is 5.43. The minimum atomic E-state index is -0.151.